The number of hydrogen-bond donors (Lipinski definition) is 2. The van der Waals surface area contributed by atoms with Crippen LogP contribution >= 0.6 is 38.5 Å². The molecule has 0 radical (unpaired) electrons. The van der Waals surface area contributed by atoms with E-state index in [0.717, 1.165) is 13.7 Å². The molecule has 2 N–H and O–H groups in total. The third-order valence-corrected chi connectivity index (χ3v) is 3.00. The van der Waals surface area contributed by atoms with E-state index in [9.17, 15) is 4.79 Å². The highest BCUT2D eigenvalue weighted by Gasteiger charge is 2.11. The van der Waals surface area contributed by atoms with Crippen molar-refractivity contribution in [2.24, 2.45) is 0 Å². The summed E-state index contributed by atoms with van der Waals surface area (Å²) in [7, 11) is 0. The van der Waals surface area contributed by atoms with Crippen LogP contribution in [0.25, 0.3) is 0 Å². The van der Waals surface area contributed by atoms with Gasteiger partial charge in [-0.2, -0.15) is 0 Å². The van der Waals surface area contributed by atoms with E-state index in [2.05, 4.69) is 43.8 Å². The van der Waals surface area contributed by atoms with E-state index in [1.54, 1.807) is 6.92 Å². The van der Waals surface area contributed by atoms with Crippen LogP contribution in [0.4, 0.5) is 5.69 Å². The van der Waals surface area contributed by atoms with Gasteiger partial charge in [-0.3, -0.25) is 4.79 Å². The molecular weight excluding hydrogens is 361 g/mol. The first kappa shape index (κ1) is 11.8. The summed E-state index contributed by atoms with van der Waals surface area (Å²) in [4.78, 5) is 10.6. The quantitative estimate of drug-likeness (QED) is 0.805. The Bertz CT molecular complexity index is 357. The van der Waals surface area contributed by atoms with Crippen molar-refractivity contribution in [1.82, 2.24) is 0 Å². The van der Waals surface area contributed by atoms with Crippen molar-refractivity contribution in [3.63, 3.8) is 0 Å². The molecule has 0 aromatic heterocycles. The molecule has 0 aliphatic heterocycles. The van der Waals surface area contributed by atoms with E-state index in [1.807, 2.05) is 18.2 Å². The van der Waals surface area contributed by atoms with Gasteiger partial charge in [0.15, 0.2) is 0 Å². The number of carbonyl (C=O) groups is 1. The highest BCUT2D eigenvalue weighted by molar-refractivity contribution is 14.1. The van der Waals surface area contributed by atoms with E-state index in [4.69, 9.17) is 5.11 Å². The van der Waals surface area contributed by atoms with Gasteiger partial charge in [0.05, 0.1) is 0 Å². The van der Waals surface area contributed by atoms with Crippen molar-refractivity contribution in [3.8, 4) is 0 Å². The summed E-state index contributed by atoms with van der Waals surface area (Å²) in [6, 6.07) is 5.11. The molecule has 0 spiro atoms. The summed E-state index contributed by atoms with van der Waals surface area (Å²) in [5.41, 5.74) is 0.792. The molecule has 14 heavy (non-hydrogen) atoms. The fraction of sp³-hybridized carbons (Fsp3) is 0.222. The molecule has 0 heterocycles. The van der Waals surface area contributed by atoms with Crippen LogP contribution in [0.2, 0.25) is 0 Å². The molecule has 1 rings (SSSR count). The highest BCUT2D eigenvalue weighted by Crippen LogP contribution is 2.24. The maximum absolute atomic E-state index is 10.6. The molecule has 0 aliphatic carbocycles. The van der Waals surface area contributed by atoms with Crippen molar-refractivity contribution in [1.29, 1.82) is 0 Å². The SMILES string of the molecule is CC(Nc1ccc(I)cc1Br)C(=O)O. The molecule has 1 atom stereocenters. The third kappa shape index (κ3) is 3.13. The Kier molecular flexibility index (Phi) is 4.18. The van der Waals surface area contributed by atoms with Crippen LogP contribution in [-0.4, -0.2) is 17.1 Å². The molecule has 0 aliphatic rings. The second-order valence-corrected chi connectivity index (χ2v) is 4.93. The lowest BCUT2D eigenvalue weighted by Crippen LogP contribution is -2.25. The van der Waals surface area contributed by atoms with Crippen LogP contribution in [0, 0.1) is 3.57 Å². The normalized spacial score (nSPS) is 12.2. The fourth-order valence-corrected chi connectivity index (χ4v) is 2.31. The molecular formula is C9H9BrINO2. The van der Waals surface area contributed by atoms with Gasteiger partial charge in [0.25, 0.3) is 0 Å². The summed E-state index contributed by atoms with van der Waals surface area (Å²) >= 11 is 5.56. The topological polar surface area (TPSA) is 49.3 Å². The van der Waals surface area contributed by atoms with Crippen LogP contribution in [0.15, 0.2) is 22.7 Å². The minimum atomic E-state index is -0.865. The number of hydrogen-bond acceptors (Lipinski definition) is 2. The molecule has 1 aromatic carbocycles. The van der Waals surface area contributed by atoms with Gasteiger partial charge in [-0.05, 0) is 63.6 Å². The average Bonchev–Trinajstić information content (AvgIpc) is 2.09. The smallest absolute Gasteiger partial charge is 0.325 e. The first-order valence-electron chi connectivity index (χ1n) is 3.95. The van der Waals surface area contributed by atoms with Gasteiger partial charge in [0, 0.05) is 13.7 Å². The summed E-state index contributed by atoms with van der Waals surface area (Å²) in [6.07, 6.45) is 0. The molecule has 1 aromatic rings. The zero-order valence-corrected chi connectivity index (χ0v) is 11.2. The van der Waals surface area contributed by atoms with Gasteiger partial charge in [-0.15, -0.1) is 0 Å². The summed E-state index contributed by atoms with van der Waals surface area (Å²) in [6.45, 7) is 1.60. The van der Waals surface area contributed by atoms with Crippen molar-refractivity contribution in [2.75, 3.05) is 5.32 Å². The molecule has 3 nitrogen and oxygen atoms in total. The van der Waals surface area contributed by atoms with Gasteiger partial charge >= 0.3 is 5.97 Å². The van der Waals surface area contributed by atoms with Crippen LogP contribution in [0.3, 0.4) is 0 Å². The lowest BCUT2D eigenvalue weighted by molar-refractivity contribution is -0.137. The van der Waals surface area contributed by atoms with Crippen molar-refractivity contribution < 1.29 is 9.90 Å². The van der Waals surface area contributed by atoms with Crippen LogP contribution in [-0.2, 0) is 4.79 Å². The Labute approximate surface area is 104 Å². The number of carboxylic acids is 1. The predicted molar refractivity (Wildman–Crippen MR) is 67.6 cm³/mol. The molecule has 0 bridgehead atoms. The minimum absolute atomic E-state index is 0.591. The predicted octanol–water partition coefficient (Wildman–Crippen LogP) is 2.94. The lowest BCUT2D eigenvalue weighted by atomic mass is 10.3. The standard InChI is InChI=1S/C9H9BrINO2/c1-5(9(13)14)12-8-3-2-6(11)4-7(8)10/h2-5,12H,1H3,(H,13,14). The fourth-order valence-electron chi connectivity index (χ4n) is 0.902. The molecule has 5 heteroatoms. The molecule has 0 saturated heterocycles. The molecule has 1 unspecified atom stereocenters. The summed E-state index contributed by atoms with van der Waals surface area (Å²) in [5.74, 6) is -0.865. The summed E-state index contributed by atoms with van der Waals surface area (Å²) in [5, 5.41) is 11.6. The molecule has 0 amide bonds. The molecule has 0 saturated carbocycles. The minimum Gasteiger partial charge on any atom is -0.480 e. The number of benzene rings is 1. The number of carboxylic acid groups (broad SMARTS) is 1. The van der Waals surface area contributed by atoms with Crippen LogP contribution in [0.5, 0.6) is 0 Å². The maximum Gasteiger partial charge on any atom is 0.325 e. The van der Waals surface area contributed by atoms with Crippen molar-refractivity contribution in [2.45, 2.75) is 13.0 Å². The number of nitrogens with one attached hydrogen (secondary N) is 1. The van der Waals surface area contributed by atoms with Gasteiger partial charge in [-0.25, -0.2) is 0 Å². The largest absolute Gasteiger partial charge is 0.480 e. The van der Waals surface area contributed by atoms with Gasteiger partial charge < -0.3 is 10.4 Å². The van der Waals surface area contributed by atoms with E-state index >= 15 is 0 Å². The second-order valence-electron chi connectivity index (χ2n) is 2.83. The van der Waals surface area contributed by atoms with Crippen LogP contribution in [0.1, 0.15) is 6.92 Å². The van der Waals surface area contributed by atoms with Crippen LogP contribution < -0.4 is 5.32 Å². The lowest BCUT2D eigenvalue weighted by Gasteiger charge is -2.12. The monoisotopic (exact) mass is 369 g/mol. The first-order chi connectivity index (χ1) is 6.50. The Morgan fingerprint density at radius 2 is 2.29 bits per heavy atom. The molecule has 0 fully saturated rings. The Morgan fingerprint density at radius 3 is 2.79 bits per heavy atom. The Morgan fingerprint density at radius 1 is 1.64 bits per heavy atom. The third-order valence-electron chi connectivity index (χ3n) is 1.67. The highest BCUT2D eigenvalue weighted by atomic mass is 127. The van der Waals surface area contributed by atoms with E-state index in [1.165, 1.54) is 0 Å². The number of aliphatic carboxylic acids is 1. The summed E-state index contributed by atoms with van der Waals surface area (Å²) < 4.78 is 1.97. The first-order valence-corrected chi connectivity index (χ1v) is 5.82. The number of anilines is 1. The number of halogens is 2. The van der Waals surface area contributed by atoms with Gasteiger partial charge in [0.1, 0.15) is 6.04 Å². The number of rotatable bonds is 3. The van der Waals surface area contributed by atoms with E-state index in [-0.39, 0.29) is 0 Å². The average molecular weight is 370 g/mol. The second kappa shape index (κ2) is 4.97. The van der Waals surface area contributed by atoms with E-state index < -0.39 is 12.0 Å². The zero-order valence-electron chi connectivity index (χ0n) is 7.42. The van der Waals surface area contributed by atoms with Gasteiger partial charge in [0.2, 0.25) is 0 Å². The maximum atomic E-state index is 10.6. The van der Waals surface area contributed by atoms with Gasteiger partial charge in [-0.1, -0.05) is 0 Å². The van der Waals surface area contributed by atoms with Crippen molar-refractivity contribution in [3.05, 3.63) is 26.2 Å². The van der Waals surface area contributed by atoms with Crippen molar-refractivity contribution >= 4 is 50.2 Å². The Hall–Kier alpha value is -0.300. The van der Waals surface area contributed by atoms with E-state index in [0.29, 0.717) is 0 Å². The Balaban J connectivity index is 2.82. The molecule has 76 valence electrons. The zero-order chi connectivity index (χ0) is 10.7.